The van der Waals surface area contributed by atoms with E-state index in [0.717, 1.165) is 17.2 Å². The first-order chi connectivity index (χ1) is 10.6. The maximum absolute atomic E-state index is 13.9. The molecule has 1 heterocycles. The van der Waals surface area contributed by atoms with Crippen LogP contribution in [0.25, 0.3) is 0 Å². The molecule has 3 rings (SSSR count). The predicted molar refractivity (Wildman–Crippen MR) is 78.7 cm³/mol. The maximum atomic E-state index is 13.9. The number of hydrogen-bond donors (Lipinski definition) is 1. The van der Waals surface area contributed by atoms with Crippen molar-refractivity contribution < 1.29 is 13.6 Å². The lowest BCUT2D eigenvalue weighted by molar-refractivity contribution is -0.124. The molecule has 0 aromatic heterocycles. The fourth-order valence-corrected chi connectivity index (χ4v) is 2.91. The van der Waals surface area contributed by atoms with Gasteiger partial charge in [-0.3, -0.25) is 9.69 Å². The summed E-state index contributed by atoms with van der Waals surface area (Å²) < 4.78 is 27.2. The van der Waals surface area contributed by atoms with Gasteiger partial charge in [-0.2, -0.15) is 0 Å². The van der Waals surface area contributed by atoms with Crippen LogP contribution in [0.5, 0.6) is 0 Å². The first kappa shape index (κ1) is 14.7. The van der Waals surface area contributed by atoms with Crippen molar-refractivity contribution in [1.29, 1.82) is 0 Å². The zero-order valence-electron chi connectivity index (χ0n) is 11.9. The van der Waals surface area contributed by atoms with Crippen molar-refractivity contribution in [1.82, 2.24) is 4.90 Å². The van der Waals surface area contributed by atoms with E-state index in [2.05, 4.69) is 0 Å². The van der Waals surface area contributed by atoms with Crippen molar-refractivity contribution >= 4 is 5.91 Å². The minimum atomic E-state index is -0.884. The Morgan fingerprint density at radius 1 is 1.14 bits per heavy atom. The first-order valence-electron chi connectivity index (χ1n) is 7.09. The molecule has 0 bridgehead atoms. The van der Waals surface area contributed by atoms with Gasteiger partial charge in [0.25, 0.3) is 0 Å². The number of carbonyl (C=O) groups excluding carboxylic acids is 1. The second-order valence-corrected chi connectivity index (χ2v) is 5.51. The van der Waals surface area contributed by atoms with Crippen LogP contribution in [-0.2, 0) is 24.3 Å². The molecule has 1 aliphatic heterocycles. The summed E-state index contributed by atoms with van der Waals surface area (Å²) in [6, 6.07) is 11.3. The Labute approximate surface area is 127 Å². The van der Waals surface area contributed by atoms with Crippen LogP contribution in [-0.4, -0.2) is 16.8 Å². The van der Waals surface area contributed by atoms with E-state index in [1.807, 2.05) is 24.3 Å². The van der Waals surface area contributed by atoms with Crippen molar-refractivity contribution in [2.75, 3.05) is 0 Å². The molecular formula is C17H16F2N2O. The highest BCUT2D eigenvalue weighted by Gasteiger charge is 2.30. The van der Waals surface area contributed by atoms with Gasteiger partial charge < -0.3 is 5.73 Å². The second-order valence-electron chi connectivity index (χ2n) is 5.51. The molecule has 0 unspecified atom stereocenters. The molecule has 22 heavy (non-hydrogen) atoms. The first-order valence-corrected chi connectivity index (χ1v) is 7.09. The monoisotopic (exact) mass is 302 g/mol. The van der Waals surface area contributed by atoms with Crippen LogP contribution in [0.1, 0.15) is 16.7 Å². The molecule has 0 aliphatic carbocycles. The maximum Gasteiger partial charge on any atom is 0.235 e. The smallest absolute Gasteiger partial charge is 0.235 e. The number of primary amides is 1. The molecular weight excluding hydrogens is 286 g/mol. The molecule has 0 fully saturated rings. The van der Waals surface area contributed by atoms with Crippen molar-refractivity contribution in [3.8, 4) is 0 Å². The molecule has 2 N–H and O–H groups in total. The zero-order chi connectivity index (χ0) is 15.7. The average molecular weight is 302 g/mol. The number of benzene rings is 2. The highest BCUT2D eigenvalue weighted by Crippen LogP contribution is 2.25. The average Bonchev–Trinajstić information content (AvgIpc) is 2.51. The van der Waals surface area contributed by atoms with Gasteiger partial charge in [-0.1, -0.05) is 36.4 Å². The molecule has 1 atom stereocenters. The number of carbonyl (C=O) groups is 1. The number of rotatable bonds is 3. The Bertz CT molecular complexity index is 718. The van der Waals surface area contributed by atoms with Crippen LogP contribution in [0.15, 0.2) is 42.5 Å². The molecule has 0 spiro atoms. The van der Waals surface area contributed by atoms with Gasteiger partial charge in [0.05, 0.1) is 6.04 Å². The van der Waals surface area contributed by atoms with E-state index in [9.17, 15) is 13.6 Å². The van der Waals surface area contributed by atoms with E-state index < -0.39 is 23.6 Å². The van der Waals surface area contributed by atoms with E-state index in [0.29, 0.717) is 13.0 Å². The van der Waals surface area contributed by atoms with Crippen molar-refractivity contribution in [3.63, 3.8) is 0 Å². The summed E-state index contributed by atoms with van der Waals surface area (Å²) in [5.41, 5.74) is 7.87. The molecule has 5 heteroatoms. The van der Waals surface area contributed by atoms with Crippen LogP contribution in [0.3, 0.4) is 0 Å². The lowest BCUT2D eigenvalue weighted by Crippen LogP contribution is -2.48. The molecule has 2 aromatic rings. The van der Waals surface area contributed by atoms with Crippen molar-refractivity contribution in [2.24, 2.45) is 5.73 Å². The van der Waals surface area contributed by atoms with Crippen LogP contribution >= 0.6 is 0 Å². The Kier molecular flexibility index (Phi) is 3.90. The Hall–Kier alpha value is -2.27. The summed E-state index contributed by atoms with van der Waals surface area (Å²) in [6.07, 6.45) is 0.489. The van der Waals surface area contributed by atoms with Crippen LogP contribution in [0.2, 0.25) is 0 Å². The Morgan fingerprint density at radius 3 is 2.59 bits per heavy atom. The quantitative estimate of drug-likeness (QED) is 0.946. The summed E-state index contributed by atoms with van der Waals surface area (Å²) in [5, 5.41) is 0. The molecule has 0 saturated carbocycles. The molecule has 3 nitrogen and oxygen atoms in total. The van der Waals surface area contributed by atoms with Crippen LogP contribution in [0.4, 0.5) is 8.78 Å². The summed E-state index contributed by atoms with van der Waals surface area (Å²) in [4.78, 5) is 13.5. The van der Waals surface area contributed by atoms with Gasteiger partial charge in [0.1, 0.15) is 0 Å². The standard InChI is InChI=1S/C17H16F2N2O/c18-14-7-3-6-13(16(14)19)10-21-9-12-5-2-1-4-11(12)8-15(21)17(20)22/h1-7,15H,8-10H2,(H2,20,22)/t15-/m0/s1. The molecule has 1 amide bonds. The fraction of sp³-hybridized carbons (Fsp3) is 0.235. The lowest BCUT2D eigenvalue weighted by atomic mass is 9.93. The number of amides is 1. The van der Waals surface area contributed by atoms with Crippen LogP contribution in [0, 0.1) is 11.6 Å². The third kappa shape index (κ3) is 2.72. The third-order valence-electron chi connectivity index (χ3n) is 4.08. The number of hydrogen-bond acceptors (Lipinski definition) is 2. The Morgan fingerprint density at radius 2 is 1.86 bits per heavy atom. The minimum absolute atomic E-state index is 0.144. The SMILES string of the molecule is NC(=O)[C@@H]1Cc2ccccc2CN1Cc1cccc(F)c1F. The topological polar surface area (TPSA) is 46.3 Å². The summed E-state index contributed by atoms with van der Waals surface area (Å²) >= 11 is 0. The minimum Gasteiger partial charge on any atom is -0.368 e. The van der Waals surface area contributed by atoms with E-state index >= 15 is 0 Å². The normalized spacial score (nSPS) is 18.0. The predicted octanol–water partition coefficient (Wildman–Crippen LogP) is 2.38. The third-order valence-corrected chi connectivity index (χ3v) is 4.08. The van der Waals surface area contributed by atoms with Crippen molar-refractivity contribution in [2.45, 2.75) is 25.6 Å². The van der Waals surface area contributed by atoms with E-state index in [1.54, 1.807) is 4.90 Å². The van der Waals surface area contributed by atoms with Gasteiger partial charge in [0, 0.05) is 18.7 Å². The Balaban J connectivity index is 1.91. The zero-order valence-corrected chi connectivity index (χ0v) is 11.9. The molecule has 2 aromatic carbocycles. The van der Waals surface area contributed by atoms with Crippen molar-refractivity contribution in [3.05, 3.63) is 70.8 Å². The van der Waals surface area contributed by atoms with Gasteiger partial charge >= 0.3 is 0 Å². The highest BCUT2D eigenvalue weighted by atomic mass is 19.2. The van der Waals surface area contributed by atoms with Gasteiger partial charge in [-0.05, 0) is 23.6 Å². The second kappa shape index (κ2) is 5.85. The number of halogens is 2. The molecule has 114 valence electrons. The molecule has 0 radical (unpaired) electrons. The summed E-state index contributed by atoms with van der Waals surface area (Å²) in [5.74, 6) is -2.21. The summed E-state index contributed by atoms with van der Waals surface area (Å²) in [6.45, 7) is 0.630. The largest absolute Gasteiger partial charge is 0.368 e. The van der Waals surface area contributed by atoms with Gasteiger partial charge in [-0.25, -0.2) is 8.78 Å². The lowest BCUT2D eigenvalue weighted by Gasteiger charge is -2.35. The highest BCUT2D eigenvalue weighted by molar-refractivity contribution is 5.80. The van der Waals surface area contributed by atoms with E-state index in [-0.39, 0.29) is 12.1 Å². The fourth-order valence-electron chi connectivity index (χ4n) is 2.91. The number of nitrogens with zero attached hydrogens (tertiary/aromatic N) is 1. The van der Waals surface area contributed by atoms with E-state index in [4.69, 9.17) is 5.73 Å². The number of fused-ring (bicyclic) bond motifs is 1. The van der Waals surface area contributed by atoms with Gasteiger partial charge in [0.2, 0.25) is 5.91 Å². The summed E-state index contributed by atoms with van der Waals surface area (Å²) in [7, 11) is 0. The molecule has 0 saturated heterocycles. The van der Waals surface area contributed by atoms with Crippen LogP contribution < -0.4 is 5.73 Å². The number of nitrogens with two attached hydrogens (primary N) is 1. The van der Waals surface area contributed by atoms with Gasteiger partial charge in [0.15, 0.2) is 11.6 Å². The molecule has 1 aliphatic rings. The van der Waals surface area contributed by atoms with Gasteiger partial charge in [-0.15, -0.1) is 0 Å². The van der Waals surface area contributed by atoms with E-state index in [1.165, 1.54) is 12.1 Å².